The van der Waals surface area contributed by atoms with Crippen molar-refractivity contribution in [2.45, 2.75) is 40.5 Å². The lowest BCUT2D eigenvalue weighted by atomic mass is 10.1. The molecular weight excluding hydrogens is 461 g/mol. The van der Waals surface area contributed by atoms with Crippen molar-refractivity contribution in [1.29, 1.82) is 0 Å². The lowest BCUT2D eigenvalue weighted by Crippen LogP contribution is -2.45. The van der Waals surface area contributed by atoms with Crippen molar-refractivity contribution >= 4 is 33.0 Å². The smallest absolute Gasteiger partial charge is 0.458 e. The van der Waals surface area contributed by atoms with Gasteiger partial charge in [0.2, 0.25) is 0 Å². The highest BCUT2D eigenvalue weighted by Gasteiger charge is 2.63. The molecule has 0 saturated heterocycles. The highest BCUT2D eigenvalue weighted by atomic mass is 32.2. The van der Waals surface area contributed by atoms with Gasteiger partial charge in [-0.05, 0) is 24.1 Å². The molecule has 1 aromatic carbocycles. The molecule has 1 fully saturated rings. The summed E-state index contributed by atoms with van der Waals surface area (Å²) in [7, 11) is -4.30. The second-order valence-electron chi connectivity index (χ2n) is 7.26. The predicted molar refractivity (Wildman–Crippen MR) is 102 cm³/mol. The molecule has 0 bridgehead atoms. The number of aliphatic hydroxyl groups is 1. The fourth-order valence-electron chi connectivity index (χ4n) is 3.36. The highest BCUT2D eigenvalue weighted by molar-refractivity contribution is 7.91. The molecule has 2 heterocycles. The molecule has 0 radical (unpaired) electrons. The van der Waals surface area contributed by atoms with Crippen molar-refractivity contribution in [3.63, 3.8) is 0 Å². The molecule has 1 saturated carbocycles. The molecule has 1 unspecified atom stereocenters. The van der Waals surface area contributed by atoms with Crippen LogP contribution in [0.2, 0.25) is 0 Å². The van der Waals surface area contributed by atoms with Crippen LogP contribution in [-0.2, 0) is 19.7 Å². The number of halogens is 3. The number of rotatable bonds is 6. The second kappa shape index (κ2) is 7.02. The molecule has 0 amide bonds. The van der Waals surface area contributed by atoms with Gasteiger partial charge < -0.3 is 15.1 Å². The van der Waals surface area contributed by atoms with Crippen LogP contribution in [0.5, 0.6) is 0 Å². The van der Waals surface area contributed by atoms with Crippen LogP contribution in [0, 0.1) is 0 Å². The summed E-state index contributed by atoms with van der Waals surface area (Å²) in [5.74, 6) is -5.37. The Balaban J connectivity index is 1.55. The molecule has 2 aliphatic rings. The summed E-state index contributed by atoms with van der Waals surface area (Å²) in [6, 6.07) is 10.9. The van der Waals surface area contributed by atoms with Crippen molar-refractivity contribution in [3.8, 4) is 0 Å². The SMILES string of the molecule is O=C(O)[C@]1(NS(=O)(=O)c2ccc(C3=NOC(O)(C(F)(F)F)C3)s2)C[C@H]1c1ccccc1. The van der Waals surface area contributed by atoms with Crippen LogP contribution in [0.1, 0.15) is 29.2 Å². The molecule has 1 aliphatic heterocycles. The number of carbonyl (C=O) groups is 1. The van der Waals surface area contributed by atoms with Crippen LogP contribution in [0.25, 0.3) is 0 Å². The Bertz CT molecular complexity index is 1160. The number of alkyl halides is 3. The Morgan fingerprint density at radius 1 is 1.23 bits per heavy atom. The molecule has 1 aromatic heterocycles. The maximum absolute atomic E-state index is 12.9. The monoisotopic (exact) mass is 476 g/mol. The minimum atomic E-state index is -5.09. The third kappa shape index (κ3) is 3.71. The molecular formula is C18H15F3N2O6S2. The summed E-state index contributed by atoms with van der Waals surface area (Å²) in [6.07, 6.45) is -6.03. The normalized spacial score (nSPS) is 28.1. The van der Waals surface area contributed by atoms with Crippen LogP contribution in [-0.4, -0.2) is 47.8 Å². The summed E-state index contributed by atoms with van der Waals surface area (Å²) in [4.78, 5) is 16.0. The Labute approximate surface area is 178 Å². The zero-order chi connectivity index (χ0) is 22.7. The van der Waals surface area contributed by atoms with Gasteiger partial charge >= 0.3 is 17.9 Å². The number of benzene rings is 1. The number of sulfonamides is 1. The van der Waals surface area contributed by atoms with E-state index >= 15 is 0 Å². The molecule has 8 nitrogen and oxygen atoms in total. The molecule has 3 N–H and O–H groups in total. The third-order valence-corrected chi connectivity index (χ3v) is 8.28. The van der Waals surface area contributed by atoms with E-state index < -0.39 is 45.8 Å². The first-order chi connectivity index (χ1) is 14.4. The zero-order valence-corrected chi connectivity index (χ0v) is 17.1. The van der Waals surface area contributed by atoms with Crippen molar-refractivity contribution < 1.29 is 41.4 Å². The van der Waals surface area contributed by atoms with Gasteiger partial charge in [0, 0.05) is 5.92 Å². The van der Waals surface area contributed by atoms with Gasteiger partial charge in [-0.3, -0.25) is 4.79 Å². The van der Waals surface area contributed by atoms with E-state index in [4.69, 9.17) is 0 Å². The van der Waals surface area contributed by atoms with Crippen LogP contribution in [0.3, 0.4) is 0 Å². The number of oxime groups is 1. The van der Waals surface area contributed by atoms with Crippen molar-refractivity contribution in [3.05, 3.63) is 52.9 Å². The van der Waals surface area contributed by atoms with E-state index in [0.29, 0.717) is 16.9 Å². The van der Waals surface area contributed by atoms with Gasteiger partial charge in [0.05, 0.1) is 11.3 Å². The predicted octanol–water partition coefficient (Wildman–Crippen LogP) is 2.41. The van der Waals surface area contributed by atoms with Gasteiger partial charge in [0.1, 0.15) is 15.5 Å². The lowest BCUT2D eigenvalue weighted by molar-refractivity contribution is -0.355. The molecule has 31 heavy (non-hydrogen) atoms. The molecule has 13 heteroatoms. The second-order valence-corrected chi connectivity index (χ2v) is 10.2. The first-order valence-electron chi connectivity index (χ1n) is 8.85. The molecule has 4 rings (SSSR count). The highest BCUT2D eigenvalue weighted by Crippen LogP contribution is 2.52. The Hall–Kier alpha value is -2.48. The summed E-state index contributed by atoms with van der Waals surface area (Å²) >= 11 is 0.593. The summed E-state index contributed by atoms with van der Waals surface area (Å²) in [5.41, 5.74) is -1.31. The number of thiophene rings is 1. The van der Waals surface area contributed by atoms with Gasteiger partial charge in [-0.15, -0.1) is 11.3 Å². The first kappa shape index (κ1) is 21.7. The zero-order valence-electron chi connectivity index (χ0n) is 15.5. The summed E-state index contributed by atoms with van der Waals surface area (Å²) in [6.45, 7) is 0. The molecule has 3 atom stereocenters. The molecule has 166 valence electrons. The third-order valence-electron chi connectivity index (χ3n) is 5.15. The fourth-order valence-corrected chi connectivity index (χ4v) is 6.05. The number of carboxylic acids is 1. The first-order valence-corrected chi connectivity index (χ1v) is 11.1. The van der Waals surface area contributed by atoms with Crippen LogP contribution in [0.15, 0.2) is 51.8 Å². The molecule has 0 spiro atoms. The number of hydrogen-bond acceptors (Lipinski definition) is 7. The molecule has 2 aromatic rings. The summed E-state index contributed by atoms with van der Waals surface area (Å²) in [5, 5.41) is 22.4. The molecule has 1 aliphatic carbocycles. The van der Waals surface area contributed by atoms with Gasteiger partial charge in [-0.2, -0.15) is 17.9 Å². The minimum Gasteiger partial charge on any atom is -0.480 e. The van der Waals surface area contributed by atoms with Crippen LogP contribution < -0.4 is 4.72 Å². The fraction of sp³-hybridized carbons (Fsp3) is 0.333. The van der Waals surface area contributed by atoms with E-state index in [9.17, 15) is 36.6 Å². The Morgan fingerprint density at radius 2 is 1.90 bits per heavy atom. The topological polar surface area (TPSA) is 125 Å². The quantitative estimate of drug-likeness (QED) is 0.588. The van der Waals surface area contributed by atoms with Crippen LogP contribution in [0.4, 0.5) is 13.2 Å². The number of hydrogen-bond donors (Lipinski definition) is 3. The van der Waals surface area contributed by atoms with Crippen molar-refractivity contribution in [1.82, 2.24) is 4.72 Å². The summed E-state index contributed by atoms with van der Waals surface area (Å²) < 4.78 is 66.2. The Morgan fingerprint density at radius 3 is 2.48 bits per heavy atom. The lowest BCUT2D eigenvalue weighted by Gasteiger charge is -2.22. The average Bonchev–Trinajstić information content (AvgIpc) is 3.04. The van der Waals surface area contributed by atoms with E-state index in [2.05, 4.69) is 14.7 Å². The number of carboxylic acid groups (broad SMARTS) is 1. The minimum absolute atomic E-state index is 0.0420. The van der Waals surface area contributed by atoms with Gasteiger partial charge in [-0.25, -0.2) is 8.42 Å². The number of aliphatic carboxylic acids is 1. The number of nitrogens with zero attached hydrogens (tertiary/aromatic N) is 1. The average molecular weight is 476 g/mol. The van der Waals surface area contributed by atoms with Crippen molar-refractivity contribution in [2.75, 3.05) is 0 Å². The van der Waals surface area contributed by atoms with E-state index in [-0.39, 0.29) is 21.2 Å². The van der Waals surface area contributed by atoms with Gasteiger partial charge in [0.15, 0.2) is 0 Å². The van der Waals surface area contributed by atoms with E-state index in [0.717, 1.165) is 6.07 Å². The van der Waals surface area contributed by atoms with E-state index in [1.54, 1.807) is 30.3 Å². The largest absolute Gasteiger partial charge is 0.480 e. The maximum Gasteiger partial charge on any atom is 0.458 e. The van der Waals surface area contributed by atoms with Gasteiger partial charge in [-0.1, -0.05) is 35.5 Å². The van der Waals surface area contributed by atoms with E-state index in [1.807, 2.05) is 0 Å². The number of nitrogens with one attached hydrogen (secondary N) is 1. The standard InChI is InChI=1S/C18H15F3N2O6S2/c19-18(20,21)17(26)9-12(22-29-17)13-6-7-14(30-13)31(27,28)23-16(15(24)25)8-11(16)10-4-2-1-3-5-10/h1-7,11,23,26H,8-9H2,(H,24,25)/t11-,16-,17?/m0/s1. The Kier molecular flexibility index (Phi) is 4.92. The van der Waals surface area contributed by atoms with Crippen molar-refractivity contribution in [2.24, 2.45) is 5.16 Å². The maximum atomic E-state index is 12.9. The van der Waals surface area contributed by atoms with E-state index in [1.165, 1.54) is 6.07 Å². The van der Waals surface area contributed by atoms with Gasteiger partial charge in [0.25, 0.3) is 10.0 Å². The van der Waals surface area contributed by atoms with Crippen LogP contribution >= 0.6 is 11.3 Å².